The molecule has 0 aliphatic carbocycles. The molecule has 1 aliphatic heterocycles. The number of carbonyl (C=O) groups excluding carboxylic acids is 1. The molecule has 7 heteroatoms. The maximum atomic E-state index is 12.9. The molecule has 0 spiro atoms. The van der Waals surface area contributed by atoms with E-state index in [4.69, 9.17) is 4.74 Å². The maximum Gasteiger partial charge on any atom is 0.258 e. The van der Waals surface area contributed by atoms with Crippen molar-refractivity contribution in [2.24, 2.45) is 0 Å². The molecule has 3 aromatic rings. The maximum absolute atomic E-state index is 12.9. The molecule has 0 unspecified atom stereocenters. The zero-order chi connectivity index (χ0) is 18.8. The first kappa shape index (κ1) is 17.4. The molecule has 1 atom stereocenters. The molecule has 2 heterocycles. The highest BCUT2D eigenvalue weighted by molar-refractivity contribution is 5.96. The van der Waals surface area contributed by atoms with E-state index in [0.717, 1.165) is 11.1 Å². The van der Waals surface area contributed by atoms with E-state index in [1.807, 2.05) is 18.2 Å². The third-order valence-corrected chi connectivity index (χ3v) is 4.78. The lowest BCUT2D eigenvalue weighted by Crippen LogP contribution is -2.50. The number of nitrogens with zero attached hydrogens (tertiary/aromatic N) is 2. The van der Waals surface area contributed by atoms with Gasteiger partial charge in [0.2, 0.25) is 0 Å². The number of nitrogens with one attached hydrogen (secondary N) is 1. The second-order valence-corrected chi connectivity index (χ2v) is 6.45. The van der Waals surface area contributed by atoms with E-state index in [9.17, 15) is 14.7 Å². The van der Waals surface area contributed by atoms with Gasteiger partial charge in [-0.15, -0.1) is 0 Å². The number of aromatic nitrogens is 2. The van der Waals surface area contributed by atoms with Gasteiger partial charge in [0.05, 0.1) is 43.1 Å². The summed E-state index contributed by atoms with van der Waals surface area (Å²) in [4.78, 5) is 33.3. The molecular formula is C20H19N3O4. The van der Waals surface area contributed by atoms with Gasteiger partial charge in [0, 0.05) is 12.1 Å². The van der Waals surface area contributed by atoms with Crippen molar-refractivity contribution in [1.29, 1.82) is 0 Å². The fourth-order valence-corrected chi connectivity index (χ4v) is 3.32. The standard InChI is InChI=1S/C20H19N3O4/c24-10-16-11-27-7-6-23(16)20(26)15-3-1-2-13(8-15)14-4-5-18-17(9-14)19(25)22-12-21-18/h1-5,8-9,12,16,24H,6-7,10-11H2,(H,21,22,25)/t16-/m1/s1. The minimum atomic E-state index is -0.333. The molecule has 27 heavy (non-hydrogen) atoms. The number of ether oxygens (including phenoxy) is 1. The molecule has 2 aromatic carbocycles. The van der Waals surface area contributed by atoms with Crippen molar-refractivity contribution in [1.82, 2.24) is 14.9 Å². The van der Waals surface area contributed by atoms with Crippen LogP contribution in [0.25, 0.3) is 22.0 Å². The van der Waals surface area contributed by atoms with Crippen molar-refractivity contribution in [3.8, 4) is 11.1 Å². The van der Waals surface area contributed by atoms with Gasteiger partial charge >= 0.3 is 0 Å². The Kier molecular flexibility index (Phi) is 4.70. The number of aliphatic hydroxyl groups excluding tert-OH is 1. The van der Waals surface area contributed by atoms with E-state index in [-0.39, 0.29) is 24.1 Å². The SMILES string of the molecule is O=C(c1cccc(-c2ccc3nc[nH]c(=O)c3c2)c1)N1CCOC[C@H]1CO. The summed E-state index contributed by atoms with van der Waals surface area (Å²) < 4.78 is 5.34. The van der Waals surface area contributed by atoms with Gasteiger partial charge in [0.25, 0.3) is 11.5 Å². The van der Waals surface area contributed by atoms with E-state index in [1.165, 1.54) is 6.33 Å². The largest absolute Gasteiger partial charge is 0.394 e. The number of hydrogen-bond acceptors (Lipinski definition) is 5. The Morgan fingerprint density at radius 1 is 1.26 bits per heavy atom. The van der Waals surface area contributed by atoms with Crippen molar-refractivity contribution < 1.29 is 14.6 Å². The van der Waals surface area contributed by atoms with Crippen molar-refractivity contribution >= 4 is 16.8 Å². The lowest BCUT2D eigenvalue weighted by Gasteiger charge is -2.34. The van der Waals surface area contributed by atoms with Gasteiger partial charge in [-0.2, -0.15) is 0 Å². The van der Waals surface area contributed by atoms with Gasteiger partial charge in [-0.05, 0) is 35.4 Å². The number of fused-ring (bicyclic) bond motifs is 1. The predicted molar refractivity (Wildman–Crippen MR) is 101 cm³/mol. The Balaban J connectivity index is 1.69. The highest BCUT2D eigenvalue weighted by atomic mass is 16.5. The van der Waals surface area contributed by atoms with Gasteiger partial charge < -0.3 is 19.7 Å². The number of aliphatic hydroxyl groups is 1. The lowest BCUT2D eigenvalue weighted by molar-refractivity contribution is -0.0183. The fraction of sp³-hybridized carbons (Fsp3) is 0.250. The zero-order valence-corrected chi connectivity index (χ0v) is 14.6. The summed E-state index contributed by atoms with van der Waals surface area (Å²) in [6, 6.07) is 12.4. The van der Waals surface area contributed by atoms with Crippen LogP contribution in [0.3, 0.4) is 0 Å². The third-order valence-electron chi connectivity index (χ3n) is 4.78. The molecule has 0 radical (unpaired) electrons. The van der Waals surface area contributed by atoms with Crippen LogP contribution in [-0.2, 0) is 4.74 Å². The highest BCUT2D eigenvalue weighted by Crippen LogP contribution is 2.24. The van der Waals surface area contributed by atoms with E-state index >= 15 is 0 Å². The molecule has 138 valence electrons. The average Bonchev–Trinajstić information content (AvgIpc) is 2.73. The number of hydrogen-bond donors (Lipinski definition) is 2. The van der Waals surface area contributed by atoms with Crippen LogP contribution in [0.5, 0.6) is 0 Å². The zero-order valence-electron chi connectivity index (χ0n) is 14.6. The first-order valence-electron chi connectivity index (χ1n) is 8.75. The number of rotatable bonds is 3. The molecule has 7 nitrogen and oxygen atoms in total. The summed E-state index contributed by atoms with van der Waals surface area (Å²) in [5.41, 5.74) is 2.62. The van der Waals surface area contributed by atoms with Crippen molar-refractivity contribution in [3.05, 3.63) is 64.7 Å². The molecule has 1 aliphatic rings. The van der Waals surface area contributed by atoms with Crippen LogP contribution < -0.4 is 5.56 Å². The minimum Gasteiger partial charge on any atom is -0.394 e. The number of H-pyrrole nitrogens is 1. The van der Waals surface area contributed by atoms with Gasteiger partial charge in [-0.3, -0.25) is 9.59 Å². The second-order valence-electron chi connectivity index (χ2n) is 6.45. The van der Waals surface area contributed by atoms with Gasteiger partial charge in [-0.25, -0.2) is 4.98 Å². The number of aromatic amines is 1. The number of benzene rings is 2. The molecule has 0 bridgehead atoms. The summed E-state index contributed by atoms with van der Waals surface area (Å²) in [5, 5.41) is 10.0. The summed E-state index contributed by atoms with van der Waals surface area (Å²) in [6.07, 6.45) is 1.38. The van der Waals surface area contributed by atoms with E-state index in [2.05, 4.69) is 9.97 Å². The summed E-state index contributed by atoms with van der Waals surface area (Å²) in [5.74, 6) is -0.139. The highest BCUT2D eigenvalue weighted by Gasteiger charge is 2.27. The van der Waals surface area contributed by atoms with Crippen molar-refractivity contribution in [3.63, 3.8) is 0 Å². The molecule has 2 N–H and O–H groups in total. The Bertz CT molecular complexity index is 1050. The molecule has 4 rings (SSSR count). The minimum absolute atomic E-state index is 0.133. The van der Waals surface area contributed by atoms with Gasteiger partial charge in [0.15, 0.2) is 0 Å². The van der Waals surface area contributed by atoms with Gasteiger partial charge in [-0.1, -0.05) is 18.2 Å². The summed E-state index contributed by atoms with van der Waals surface area (Å²) in [7, 11) is 0. The van der Waals surface area contributed by atoms with Crippen LogP contribution in [0.15, 0.2) is 53.6 Å². The first-order valence-corrected chi connectivity index (χ1v) is 8.75. The van der Waals surface area contributed by atoms with Crippen molar-refractivity contribution in [2.45, 2.75) is 6.04 Å². The van der Waals surface area contributed by atoms with Crippen LogP contribution in [0.1, 0.15) is 10.4 Å². The van der Waals surface area contributed by atoms with Crippen LogP contribution in [0.2, 0.25) is 0 Å². The van der Waals surface area contributed by atoms with Crippen LogP contribution in [-0.4, -0.2) is 58.3 Å². The Morgan fingerprint density at radius 3 is 2.96 bits per heavy atom. The van der Waals surface area contributed by atoms with E-state index in [0.29, 0.717) is 36.2 Å². The molecule has 0 saturated carbocycles. The monoisotopic (exact) mass is 365 g/mol. The molecule has 1 saturated heterocycles. The molecule has 1 amide bonds. The average molecular weight is 365 g/mol. The van der Waals surface area contributed by atoms with E-state index < -0.39 is 0 Å². The second kappa shape index (κ2) is 7.30. The summed E-state index contributed by atoms with van der Waals surface area (Å²) >= 11 is 0. The smallest absolute Gasteiger partial charge is 0.258 e. The van der Waals surface area contributed by atoms with Crippen LogP contribution >= 0.6 is 0 Å². The van der Waals surface area contributed by atoms with Crippen LogP contribution in [0, 0.1) is 0 Å². The first-order chi connectivity index (χ1) is 13.2. The van der Waals surface area contributed by atoms with E-state index in [1.54, 1.807) is 29.2 Å². The normalized spacial score (nSPS) is 17.2. The van der Waals surface area contributed by atoms with Crippen molar-refractivity contribution in [2.75, 3.05) is 26.4 Å². The lowest BCUT2D eigenvalue weighted by atomic mass is 10.0. The molecule has 1 aromatic heterocycles. The van der Waals surface area contributed by atoms with Crippen LogP contribution in [0.4, 0.5) is 0 Å². The number of amides is 1. The predicted octanol–water partition coefficient (Wildman–Crippen LogP) is 1.42. The third kappa shape index (κ3) is 3.34. The Labute approximate surface area is 155 Å². The topological polar surface area (TPSA) is 95.5 Å². The fourth-order valence-electron chi connectivity index (χ4n) is 3.32. The van der Waals surface area contributed by atoms with Gasteiger partial charge in [0.1, 0.15) is 0 Å². The Morgan fingerprint density at radius 2 is 2.11 bits per heavy atom. The Hall–Kier alpha value is -3.03. The molecular weight excluding hydrogens is 346 g/mol. The quantitative estimate of drug-likeness (QED) is 0.732. The summed E-state index contributed by atoms with van der Waals surface area (Å²) in [6.45, 7) is 1.11. The molecule has 1 fully saturated rings. The number of morpholine rings is 1. The number of carbonyl (C=O) groups is 1.